The first-order chi connectivity index (χ1) is 10.0. The Bertz CT molecular complexity index is 453. The van der Waals surface area contributed by atoms with E-state index in [1.807, 2.05) is 31.2 Å². The van der Waals surface area contributed by atoms with Crippen LogP contribution in [-0.4, -0.2) is 29.9 Å². The number of rotatable bonds is 9. The van der Waals surface area contributed by atoms with Crippen LogP contribution in [0.3, 0.4) is 0 Å². The number of nitrogens with two attached hydrogens (primary N) is 2. The topological polar surface area (TPSA) is 72.3 Å². The van der Waals surface area contributed by atoms with Gasteiger partial charge in [0.1, 0.15) is 0 Å². The lowest BCUT2D eigenvalue weighted by Crippen LogP contribution is -2.45. The summed E-state index contributed by atoms with van der Waals surface area (Å²) in [5.41, 5.74) is 12.7. The fourth-order valence-corrected chi connectivity index (χ4v) is 2.76. The van der Waals surface area contributed by atoms with Crippen molar-refractivity contribution in [2.75, 3.05) is 13.1 Å². The maximum Gasteiger partial charge on any atom is 0.231 e. The van der Waals surface area contributed by atoms with Crippen molar-refractivity contribution in [1.29, 1.82) is 0 Å². The Morgan fingerprint density at radius 1 is 1.33 bits per heavy atom. The maximum atomic E-state index is 11.4. The van der Waals surface area contributed by atoms with Crippen LogP contribution in [0.4, 0.5) is 0 Å². The predicted molar refractivity (Wildman–Crippen MR) is 88.1 cm³/mol. The van der Waals surface area contributed by atoms with E-state index < -0.39 is 0 Å². The molecule has 0 aliphatic carbocycles. The normalized spacial score (nSPS) is 14.1. The van der Waals surface area contributed by atoms with Gasteiger partial charge in [-0.05, 0) is 31.0 Å². The number of carbonyl (C=O) groups excluding carboxylic acids is 1. The van der Waals surface area contributed by atoms with Crippen LogP contribution in [0.25, 0.3) is 0 Å². The Hall–Kier alpha value is -1.10. The molecule has 0 saturated carbocycles. The Kier molecular flexibility index (Phi) is 7.72. The van der Waals surface area contributed by atoms with E-state index in [1.54, 1.807) is 0 Å². The smallest absolute Gasteiger partial charge is 0.231 e. The summed E-state index contributed by atoms with van der Waals surface area (Å²) in [6, 6.07) is 7.48. The van der Waals surface area contributed by atoms with Gasteiger partial charge in [-0.3, -0.25) is 9.69 Å². The van der Waals surface area contributed by atoms with Crippen LogP contribution in [0.15, 0.2) is 24.3 Å². The molecule has 0 bridgehead atoms. The van der Waals surface area contributed by atoms with E-state index in [9.17, 15) is 4.79 Å². The first kappa shape index (κ1) is 18.0. The second-order valence-corrected chi connectivity index (χ2v) is 5.74. The van der Waals surface area contributed by atoms with Crippen molar-refractivity contribution in [3.05, 3.63) is 34.9 Å². The lowest BCUT2D eigenvalue weighted by Gasteiger charge is -2.35. The summed E-state index contributed by atoms with van der Waals surface area (Å²) in [7, 11) is 0. The highest BCUT2D eigenvalue weighted by atomic mass is 35.5. The van der Waals surface area contributed by atoms with Crippen molar-refractivity contribution in [3.63, 3.8) is 0 Å². The summed E-state index contributed by atoms with van der Waals surface area (Å²) in [6.07, 6.45) is 2.84. The number of primary amides is 1. The SMILES string of the molecule is CCCCN(CC(N)=O)C(c1ccccc1Cl)C(N)CC. The van der Waals surface area contributed by atoms with E-state index in [-0.39, 0.29) is 24.5 Å². The van der Waals surface area contributed by atoms with E-state index in [0.29, 0.717) is 5.02 Å². The van der Waals surface area contributed by atoms with Crippen molar-refractivity contribution in [2.24, 2.45) is 11.5 Å². The van der Waals surface area contributed by atoms with Crippen molar-refractivity contribution in [3.8, 4) is 0 Å². The molecule has 0 radical (unpaired) electrons. The Morgan fingerprint density at radius 3 is 2.52 bits per heavy atom. The van der Waals surface area contributed by atoms with Gasteiger partial charge in [-0.15, -0.1) is 0 Å². The number of carbonyl (C=O) groups is 1. The summed E-state index contributed by atoms with van der Waals surface area (Å²) < 4.78 is 0. The van der Waals surface area contributed by atoms with Crippen molar-refractivity contribution >= 4 is 17.5 Å². The molecule has 1 aromatic rings. The molecule has 1 amide bonds. The number of benzene rings is 1. The third-order valence-electron chi connectivity index (χ3n) is 3.65. The first-order valence-electron chi connectivity index (χ1n) is 7.53. The van der Waals surface area contributed by atoms with E-state index >= 15 is 0 Å². The number of hydrogen-bond donors (Lipinski definition) is 2. The van der Waals surface area contributed by atoms with E-state index in [1.165, 1.54) is 0 Å². The Balaban J connectivity index is 3.13. The minimum atomic E-state index is -0.341. The van der Waals surface area contributed by atoms with Gasteiger partial charge >= 0.3 is 0 Å². The lowest BCUT2D eigenvalue weighted by atomic mass is 9.95. The van der Waals surface area contributed by atoms with Crippen LogP contribution in [-0.2, 0) is 4.79 Å². The van der Waals surface area contributed by atoms with E-state index in [2.05, 4.69) is 11.8 Å². The third-order valence-corrected chi connectivity index (χ3v) is 4.00. The fraction of sp³-hybridized carbons (Fsp3) is 0.562. The summed E-state index contributed by atoms with van der Waals surface area (Å²) >= 11 is 6.34. The molecule has 0 heterocycles. The molecule has 1 aromatic carbocycles. The van der Waals surface area contributed by atoms with Crippen LogP contribution < -0.4 is 11.5 Å². The number of amides is 1. The molecule has 0 spiro atoms. The molecule has 0 fully saturated rings. The highest BCUT2D eigenvalue weighted by molar-refractivity contribution is 6.31. The molecule has 1 rings (SSSR count). The summed E-state index contributed by atoms with van der Waals surface area (Å²) in [5, 5.41) is 0.678. The van der Waals surface area contributed by atoms with Crippen molar-refractivity contribution in [1.82, 2.24) is 4.90 Å². The summed E-state index contributed by atoms with van der Waals surface area (Å²) in [4.78, 5) is 13.5. The molecular formula is C16H26ClN3O. The summed E-state index contributed by atoms with van der Waals surface area (Å²) in [5.74, 6) is -0.341. The number of halogens is 1. The molecule has 2 atom stereocenters. The zero-order valence-electron chi connectivity index (χ0n) is 12.9. The second-order valence-electron chi connectivity index (χ2n) is 5.33. The van der Waals surface area contributed by atoms with Gasteiger partial charge in [0, 0.05) is 11.1 Å². The molecule has 0 aliphatic rings. The van der Waals surface area contributed by atoms with Gasteiger partial charge in [0.2, 0.25) is 5.91 Å². The zero-order chi connectivity index (χ0) is 15.8. The van der Waals surface area contributed by atoms with Gasteiger partial charge in [0.25, 0.3) is 0 Å². The van der Waals surface area contributed by atoms with Gasteiger partial charge in [-0.1, -0.05) is 50.1 Å². The highest BCUT2D eigenvalue weighted by Gasteiger charge is 2.28. The van der Waals surface area contributed by atoms with Gasteiger partial charge in [-0.2, -0.15) is 0 Å². The average molecular weight is 312 g/mol. The predicted octanol–water partition coefficient (Wildman–Crippen LogP) is 2.71. The van der Waals surface area contributed by atoms with E-state index in [0.717, 1.165) is 31.4 Å². The number of hydrogen-bond acceptors (Lipinski definition) is 3. The summed E-state index contributed by atoms with van der Waals surface area (Å²) in [6.45, 7) is 5.14. The molecule has 5 heteroatoms. The minimum absolute atomic E-state index is 0.0947. The van der Waals surface area contributed by atoms with Gasteiger partial charge in [0.15, 0.2) is 0 Å². The number of unbranched alkanes of at least 4 members (excludes halogenated alkanes) is 1. The van der Waals surface area contributed by atoms with E-state index in [4.69, 9.17) is 23.1 Å². The molecule has 2 unspecified atom stereocenters. The van der Waals surface area contributed by atoms with Gasteiger partial charge in [-0.25, -0.2) is 0 Å². The quantitative estimate of drug-likeness (QED) is 0.736. The Morgan fingerprint density at radius 2 is 2.00 bits per heavy atom. The van der Waals surface area contributed by atoms with Crippen molar-refractivity contribution < 1.29 is 4.79 Å². The van der Waals surface area contributed by atoms with Crippen molar-refractivity contribution in [2.45, 2.75) is 45.2 Å². The van der Waals surface area contributed by atoms with Crippen LogP contribution in [0.1, 0.15) is 44.7 Å². The standard InChI is InChI=1S/C16H26ClN3O/c1-3-5-10-20(11-15(19)21)16(14(18)4-2)12-8-6-7-9-13(12)17/h6-9,14,16H,3-5,10-11,18H2,1-2H3,(H2,19,21). The monoisotopic (exact) mass is 311 g/mol. The zero-order valence-corrected chi connectivity index (χ0v) is 13.6. The minimum Gasteiger partial charge on any atom is -0.369 e. The highest BCUT2D eigenvalue weighted by Crippen LogP contribution is 2.30. The van der Waals surface area contributed by atoms with Gasteiger partial charge in [0.05, 0.1) is 12.6 Å². The molecule has 21 heavy (non-hydrogen) atoms. The third kappa shape index (κ3) is 5.30. The maximum absolute atomic E-state index is 11.4. The first-order valence-corrected chi connectivity index (χ1v) is 7.91. The average Bonchev–Trinajstić information content (AvgIpc) is 2.45. The molecule has 0 saturated heterocycles. The molecular weight excluding hydrogens is 286 g/mol. The van der Waals surface area contributed by atoms with Gasteiger partial charge < -0.3 is 11.5 Å². The molecule has 0 aromatic heterocycles. The van der Waals surface area contributed by atoms with Crippen LogP contribution in [0.2, 0.25) is 5.02 Å². The molecule has 118 valence electrons. The molecule has 4 nitrogen and oxygen atoms in total. The largest absolute Gasteiger partial charge is 0.369 e. The molecule has 0 aliphatic heterocycles. The van der Waals surface area contributed by atoms with Crippen LogP contribution >= 0.6 is 11.6 Å². The number of nitrogens with zero attached hydrogens (tertiary/aromatic N) is 1. The fourth-order valence-electron chi connectivity index (χ4n) is 2.51. The Labute approximate surface area is 132 Å². The van der Waals surface area contributed by atoms with Crippen LogP contribution in [0.5, 0.6) is 0 Å². The molecule has 4 N–H and O–H groups in total. The van der Waals surface area contributed by atoms with Crippen LogP contribution in [0, 0.1) is 0 Å². The lowest BCUT2D eigenvalue weighted by molar-refractivity contribution is -0.119. The second kappa shape index (κ2) is 9.03.